The number of para-hydroxylation sites is 4. The Morgan fingerprint density at radius 1 is 0.600 bits per heavy atom. The first-order valence-corrected chi connectivity index (χ1v) is 7.77. The Kier molecular flexibility index (Phi) is 3.01. The predicted octanol–water partition coefficient (Wildman–Crippen LogP) is 4.14. The number of nitrogens with zero attached hydrogens (tertiary/aromatic N) is 5. The molecule has 0 amide bonds. The van der Waals surface area contributed by atoms with Gasteiger partial charge in [-0.05, 0) is 35.9 Å². The normalized spacial score (nSPS) is 11.4. The van der Waals surface area contributed by atoms with Gasteiger partial charge in [-0.2, -0.15) is 15.0 Å². The van der Waals surface area contributed by atoms with Crippen molar-refractivity contribution in [3.63, 3.8) is 0 Å². The van der Waals surface area contributed by atoms with E-state index in [9.17, 15) is 0 Å². The molecule has 0 bridgehead atoms. The molecule has 3 heterocycles. The summed E-state index contributed by atoms with van der Waals surface area (Å²) in [5.41, 5.74) is 2.68. The van der Waals surface area contributed by atoms with Crippen LogP contribution in [0.1, 0.15) is 0 Å². The van der Waals surface area contributed by atoms with Crippen molar-refractivity contribution < 1.29 is 8.83 Å². The van der Waals surface area contributed by atoms with Crippen molar-refractivity contribution in [2.75, 3.05) is 0 Å². The van der Waals surface area contributed by atoms with Gasteiger partial charge in [0.25, 0.3) is 11.8 Å². The monoisotopic (exact) mass is 349 g/mol. The maximum Gasteiger partial charge on any atom is 0.266 e. The molecule has 0 aliphatic heterocycles. The number of rotatable bonds is 2. The molecule has 0 saturated heterocycles. The fourth-order valence-electron chi connectivity index (χ4n) is 2.48. The van der Waals surface area contributed by atoms with Crippen LogP contribution < -0.4 is 0 Å². The van der Waals surface area contributed by atoms with Gasteiger partial charge in [0.15, 0.2) is 11.2 Å². The molecule has 2 aromatic carbocycles. The average molecular weight is 350 g/mol. The molecular weight excluding hydrogens is 342 g/mol. The zero-order valence-electron chi connectivity index (χ0n) is 12.5. The Morgan fingerprint density at radius 2 is 1.08 bits per heavy atom. The largest absolute Gasteiger partial charge is 0.434 e. The van der Waals surface area contributed by atoms with E-state index in [4.69, 9.17) is 20.4 Å². The van der Waals surface area contributed by atoms with Crippen LogP contribution >= 0.6 is 11.6 Å². The molecule has 0 spiro atoms. The first kappa shape index (κ1) is 14.1. The van der Waals surface area contributed by atoms with Crippen molar-refractivity contribution in [1.82, 2.24) is 24.9 Å². The van der Waals surface area contributed by atoms with Crippen LogP contribution in [0.15, 0.2) is 57.4 Å². The Hall–Kier alpha value is -3.32. The quantitative estimate of drug-likeness (QED) is 0.473. The smallest absolute Gasteiger partial charge is 0.266 e. The third-order valence-electron chi connectivity index (χ3n) is 3.58. The third kappa shape index (κ3) is 2.41. The zero-order valence-corrected chi connectivity index (χ0v) is 13.3. The van der Waals surface area contributed by atoms with Crippen molar-refractivity contribution in [3.8, 4) is 23.4 Å². The second kappa shape index (κ2) is 5.35. The molecular formula is C17H8ClN5O2. The average Bonchev–Trinajstić information content (AvgIpc) is 3.25. The summed E-state index contributed by atoms with van der Waals surface area (Å²) in [4.78, 5) is 21.3. The molecule has 0 saturated carbocycles. The fourth-order valence-corrected chi connectivity index (χ4v) is 2.64. The van der Waals surface area contributed by atoms with Crippen LogP contribution in [0.3, 0.4) is 0 Å². The Bertz CT molecular complexity index is 1070. The standard InChI is InChI=1S/C17H8ClN5O2/c18-17-22-13(15-19-9-5-1-3-7-11(9)24-15)21-14(23-17)16-20-10-6-2-4-8-12(10)25-16/h1-8H. The van der Waals surface area contributed by atoms with E-state index in [2.05, 4.69) is 24.9 Å². The zero-order chi connectivity index (χ0) is 16.8. The van der Waals surface area contributed by atoms with Gasteiger partial charge in [0.2, 0.25) is 16.9 Å². The highest BCUT2D eigenvalue weighted by Gasteiger charge is 2.18. The fraction of sp³-hybridized carbons (Fsp3) is 0. The number of halogens is 1. The van der Waals surface area contributed by atoms with E-state index in [0.29, 0.717) is 22.2 Å². The number of hydrogen-bond donors (Lipinski definition) is 0. The van der Waals surface area contributed by atoms with Crippen LogP contribution in [-0.4, -0.2) is 24.9 Å². The van der Waals surface area contributed by atoms with Crippen LogP contribution in [0.4, 0.5) is 0 Å². The predicted molar refractivity (Wildman–Crippen MR) is 90.8 cm³/mol. The summed E-state index contributed by atoms with van der Waals surface area (Å²) in [7, 11) is 0. The van der Waals surface area contributed by atoms with Gasteiger partial charge in [-0.25, -0.2) is 9.97 Å². The first-order chi connectivity index (χ1) is 12.3. The van der Waals surface area contributed by atoms with Crippen molar-refractivity contribution >= 4 is 33.8 Å². The van der Waals surface area contributed by atoms with Gasteiger partial charge in [0, 0.05) is 0 Å². The first-order valence-electron chi connectivity index (χ1n) is 7.40. The summed E-state index contributed by atoms with van der Waals surface area (Å²) >= 11 is 6.05. The summed E-state index contributed by atoms with van der Waals surface area (Å²) in [6.07, 6.45) is 0. The molecule has 0 fully saturated rings. The summed E-state index contributed by atoms with van der Waals surface area (Å²) in [6.45, 7) is 0. The van der Waals surface area contributed by atoms with E-state index < -0.39 is 0 Å². The van der Waals surface area contributed by atoms with E-state index in [1.54, 1.807) is 0 Å². The minimum atomic E-state index is 0.00418. The minimum absolute atomic E-state index is 0.00418. The van der Waals surface area contributed by atoms with Crippen LogP contribution in [0.2, 0.25) is 5.28 Å². The molecule has 5 rings (SSSR count). The highest BCUT2D eigenvalue weighted by atomic mass is 35.5. The van der Waals surface area contributed by atoms with Crippen LogP contribution in [0.5, 0.6) is 0 Å². The summed E-state index contributed by atoms with van der Waals surface area (Å²) < 4.78 is 11.4. The maximum atomic E-state index is 6.05. The Morgan fingerprint density at radius 3 is 1.56 bits per heavy atom. The van der Waals surface area contributed by atoms with Gasteiger partial charge in [-0.15, -0.1) is 0 Å². The minimum Gasteiger partial charge on any atom is -0.434 e. The molecule has 5 aromatic rings. The second-order valence-corrected chi connectivity index (χ2v) is 5.56. The highest BCUT2D eigenvalue weighted by molar-refractivity contribution is 6.28. The van der Waals surface area contributed by atoms with Crippen LogP contribution in [0.25, 0.3) is 45.6 Å². The number of oxazole rings is 2. The number of benzene rings is 2. The van der Waals surface area contributed by atoms with Crippen molar-refractivity contribution in [2.45, 2.75) is 0 Å². The molecule has 120 valence electrons. The lowest BCUT2D eigenvalue weighted by Crippen LogP contribution is -1.97. The van der Waals surface area contributed by atoms with Crippen molar-refractivity contribution in [1.29, 1.82) is 0 Å². The van der Waals surface area contributed by atoms with Gasteiger partial charge in [0.1, 0.15) is 11.0 Å². The lowest BCUT2D eigenvalue weighted by atomic mass is 10.3. The molecule has 0 aliphatic rings. The van der Waals surface area contributed by atoms with Crippen LogP contribution in [-0.2, 0) is 0 Å². The summed E-state index contributed by atoms with van der Waals surface area (Å²) in [5.74, 6) is 0.938. The molecule has 8 heteroatoms. The second-order valence-electron chi connectivity index (χ2n) is 5.23. The van der Waals surface area contributed by atoms with E-state index in [-0.39, 0.29) is 28.7 Å². The number of hydrogen-bond acceptors (Lipinski definition) is 7. The van der Waals surface area contributed by atoms with Crippen molar-refractivity contribution in [2.24, 2.45) is 0 Å². The van der Waals surface area contributed by atoms with Crippen LogP contribution in [0, 0.1) is 0 Å². The molecule has 0 N–H and O–H groups in total. The topological polar surface area (TPSA) is 90.7 Å². The van der Waals surface area contributed by atoms with Gasteiger partial charge in [-0.1, -0.05) is 24.3 Å². The Balaban J connectivity index is 1.66. The van der Waals surface area contributed by atoms with Crippen molar-refractivity contribution in [3.05, 3.63) is 53.8 Å². The number of aromatic nitrogens is 5. The lowest BCUT2D eigenvalue weighted by molar-refractivity contribution is 0.604. The maximum absolute atomic E-state index is 6.05. The summed E-state index contributed by atoms with van der Waals surface area (Å²) in [6, 6.07) is 14.8. The van der Waals surface area contributed by atoms with Gasteiger partial charge in [-0.3, -0.25) is 0 Å². The lowest BCUT2D eigenvalue weighted by Gasteiger charge is -1.98. The van der Waals surface area contributed by atoms with Gasteiger partial charge >= 0.3 is 0 Å². The number of fused-ring (bicyclic) bond motifs is 2. The molecule has 3 aromatic heterocycles. The molecule has 0 unspecified atom stereocenters. The van der Waals surface area contributed by atoms with E-state index in [0.717, 1.165) is 0 Å². The Labute approximate surface area is 145 Å². The van der Waals surface area contributed by atoms with Gasteiger partial charge < -0.3 is 8.83 Å². The highest BCUT2D eigenvalue weighted by Crippen LogP contribution is 2.26. The molecule has 0 aliphatic carbocycles. The molecule has 0 atom stereocenters. The molecule has 7 nitrogen and oxygen atoms in total. The molecule has 25 heavy (non-hydrogen) atoms. The third-order valence-corrected chi connectivity index (χ3v) is 3.75. The van der Waals surface area contributed by atoms with E-state index in [1.807, 2.05) is 48.5 Å². The van der Waals surface area contributed by atoms with E-state index in [1.165, 1.54) is 0 Å². The SMILES string of the molecule is Clc1nc(-c2nc3ccccc3o2)nc(-c2nc3ccccc3o2)n1. The van der Waals surface area contributed by atoms with E-state index >= 15 is 0 Å². The summed E-state index contributed by atoms with van der Waals surface area (Å²) in [5, 5.41) is 0.00418. The van der Waals surface area contributed by atoms with Gasteiger partial charge in [0.05, 0.1) is 0 Å². The molecule has 0 radical (unpaired) electrons.